The Kier molecular flexibility index (Phi) is 2.62. The molecule has 0 spiro atoms. The minimum atomic E-state index is 0.0723. The Hall–Kier alpha value is -2.09. The van der Waals surface area contributed by atoms with E-state index < -0.39 is 0 Å². The van der Waals surface area contributed by atoms with Crippen LogP contribution >= 0.6 is 0 Å². The molecule has 2 aromatic carbocycles. The predicted molar refractivity (Wildman–Crippen MR) is 77.3 cm³/mol. The van der Waals surface area contributed by atoms with Crippen LogP contribution in [-0.2, 0) is 19.3 Å². The van der Waals surface area contributed by atoms with Gasteiger partial charge in [0.2, 0.25) is 0 Å². The average molecular weight is 264 g/mol. The third kappa shape index (κ3) is 1.75. The van der Waals surface area contributed by atoms with Crippen molar-refractivity contribution >= 4 is 5.78 Å². The molecule has 2 heteroatoms. The number of fused-ring (bicyclic) bond motifs is 2. The molecule has 2 aromatic rings. The topological polar surface area (TPSA) is 26.3 Å². The van der Waals surface area contributed by atoms with Crippen LogP contribution in [0.1, 0.15) is 27.0 Å². The smallest absolute Gasteiger partial charge is 0.170 e. The molecule has 100 valence electrons. The fraction of sp³-hybridized carbons (Fsp3) is 0.278. The molecule has 0 fully saturated rings. The van der Waals surface area contributed by atoms with Gasteiger partial charge in [0.15, 0.2) is 5.78 Å². The maximum atomic E-state index is 12.8. The van der Waals surface area contributed by atoms with Gasteiger partial charge in [-0.2, -0.15) is 0 Å². The van der Waals surface area contributed by atoms with Crippen LogP contribution in [0.5, 0.6) is 5.75 Å². The molecule has 2 nitrogen and oxygen atoms in total. The first-order chi connectivity index (χ1) is 9.83. The Morgan fingerprint density at radius 2 is 1.65 bits per heavy atom. The van der Waals surface area contributed by atoms with Crippen molar-refractivity contribution in [2.24, 2.45) is 5.92 Å². The molecule has 0 aromatic heterocycles. The van der Waals surface area contributed by atoms with Crippen molar-refractivity contribution in [3.8, 4) is 5.75 Å². The van der Waals surface area contributed by atoms with Crippen molar-refractivity contribution in [3.05, 3.63) is 64.7 Å². The summed E-state index contributed by atoms with van der Waals surface area (Å²) in [7, 11) is 0. The van der Waals surface area contributed by atoms with Gasteiger partial charge in [0, 0.05) is 12.3 Å². The van der Waals surface area contributed by atoms with E-state index in [-0.39, 0.29) is 11.7 Å². The molecule has 0 saturated heterocycles. The van der Waals surface area contributed by atoms with Gasteiger partial charge in [-0.3, -0.25) is 4.79 Å². The van der Waals surface area contributed by atoms with Crippen LogP contribution in [0.2, 0.25) is 0 Å². The van der Waals surface area contributed by atoms with E-state index in [1.165, 1.54) is 16.7 Å². The Balaban J connectivity index is 1.66. The van der Waals surface area contributed by atoms with Crippen LogP contribution in [-0.4, -0.2) is 12.4 Å². The van der Waals surface area contributed by atoms with Crippen LogP contribution in [0.15, 0.2) is 42.5 Å². The first kappa shape index (κ1) is 11.7. The summed E-state index contributed by atoms with van der Waals surface area (Å²) in [6.07, 6.45) is 2.64. The Bertz CT molecular complexity index is 663. The number of para-hydroxylation sites is 1. The van der Waals surface area contributed by atoms with Crippen LogP contribution < -0.4 is 4.74 Å². The van der Waals surface area contributed by atoms with Crippen molar-refractivity contribution in [3.63, 3.8) is 0 Å². The van der Waals surface area contributed by atoms with Gasteiger partial charge in [-0.1, -0.05) is 36.4 Å². The van der Waals surface area contributed by atoms with Crippen molar-refractivity contribution in [2.75, 3.05) is 6.61 Å². The Morgan fingerprint density at radius 3 is 2.40 bits per heavy atom. The molecule has 1 aliphatic carbocycles. The van der Waals surface area contributed by atoms with E-state index in [1.54, 1.807) is 0 Å². The van der Waals surface area contributed by atoms with E-state index in [0.717, 1.165) is 30.6 Å². The molecule has 0 saturated carbocycles. The third-order valence-corrected chi connectivity index (χ3v) is 4.40. The predicted octanol–water partition coefficient (Wildman–Crippen LogP) is 3.22. The SMILES string of the molecule is O=C(c1cccc2c1OCC2)C1Cc2ccccc2C1. The summed E-state index contributed by atoms with van der Waals surface area (Å²) < 4.78 is 5.67. The zero-order valence-electron chi connectivity index (χ0n) is 11.3. The van der Waals surface area contributed by atoms with E-state index in [9.17, 15) is 4.79 Å². The number of ether oxygens (including phenoxy) is 1. The van der Waals surface area contributed by atoms with E-state index in [2.05, 4.69) is 30.3 Å². The molecule has 0 unspecified atom stereocenters. The van der Waals surface area contributed by atoms with Crippen LogP contribution in [0.3, 0.4) is 0 Å². The molecule has 4 rings (SSSR count). The highest BCUT2D eigenvalue weighted by atomic mass is 16.5. The highest BCUT2D eigenvalue weighted by molar-refractivity contribution is 6.01. The van der Waals surface area contributed by atoms with Gasteiger partial charge in [0.25, 0.3) is 0 Å². The Labute approximate surface area is 118 Å². The van der Waals surface area contributed by atoms with Gasteiger partial charge in [-0.25, -0.2) is 0 Å². The number of benzene rings is 2. The number of ketones is 1. The van der Waals surface area contributed by atoms with Gasteiger partial charge >= 0.3 is 0 Å². The van der Waals surface area contributed by atoms with Gasteiger partial charge in [-0.05, 0) is 35.6 Å². The lowest BCUT2D eigenvalue weighted by atomic mass is 9.93. The van der Waals surface area contributed by atoms with Gasteiger partial charge < -0.3 is 4.74 Å². The molecule has 0 radical (unpaired) electrons. The molecular weight excluding hydrogens is 248 g/mol. The summed E-state index contributed by atoms with van der Waals surface area (Å²) >= 11 is 0. The van der Waals surface area contributed by atoms with E-state index in [0.29, 0.717) is 6.61 Å². The lowest BCUT2D eigenvalue weighted by Crippen LogP contribution is -2.15. The summed E-state index contributed by atoms with van der Waals surface area (Å²) in [6.45, 7) is 0.699. The van der Waals surface area contributed by atoms with Crippen molar-refractivity contribution in [1.29, 1.82) is 0 Å². The van der Waals surface area contributed by atoms with Gasteiger partial charge in [-0.15, -0.1) is 0 Å². The highest BCUT2D eigenvalue weighted by Crippen LogP contribution is 2.35. The van der Waals surface area contributed by atoms with Crippen LogP contribution in [0, 0.1) is 5.92 Å². The summed E-state index contributed by atoms with van der Waals surface area (Å²) in [6, 6.07) is 14.3. The zero-order valence-corrected chi connectivity index (χ0v) is 11.3. The van der Waals surface area contributed by atoms with Gasteiger partial charge in [0.05, 0.1) is 12.2 Å². The molecule has 0 bridgehead atoms. The first-order valence-electron chi connectivity index (χ1n) is 7.18. The first-order valence-corrected chi connectivity index (χ1v) is 7.18. The molecule has 0 N–H and O–H groups in total. The maximum Gasteiger partial charge on any atom is 0.170 e. The van der Waals surface area contributed by atoms with Crippen molar-refractivity contribution < 1.29 is 9.53 Å². The summed E-state index contributed by atoms with van der Waals surface area (Å²) in [5.74, 6) is 1.14. The van der Waals surface area contributed by atoms with Crippen molar-refractivity contribution in [2.45, 2.75) is 19.3 Å². The van der Waals surface area contributed by atoms with Crippen molar-refractivity contribution in [1.82, 2.24) is 0 Å². The molecular formula is C18H16O2. The van der Waals surface area contributed by atoms with E-state index in [4.69, 9.17) is 4.74 Å². The number of carbonyl (C=O) groups excluding carboxylic acids is 1. The Morgan fingerprint density at radius 1 is 0.950 bits per heavy atom. The molecule has 0 atom stereocenters. The summed E-state index contributed by atoms with van der Waals surface area (Å²) in [5.41, 5.74) is 4.59. The van der Waals surface area contributed by atoms with Crippen LogP contribution in [0.4, 0.5) is 0 Å². The number of Topliss-reactive ketones (excluding diaryl/α,β-unsaturated/α-hetero) is 1. The second-order valence-corrected chi connectivity index (χ2v) is 5.63. The maximum absolute atomic E-state index is 12.8. The quantitative estimate of drug-likeness (QED) is 0.778. The number of hydrogen-bond acceptors (Lipinski definition) is 2. The largest absolute Gasteiger partial charge is 0.492 e. The monoisotopic (exact) mass is 264 g/mol. The standard InChI is InChI=1S/C18H16O2/c19-17(15-10-13-4-1-2-5-14(13)11-15)16-7-3-6-12-8-9-20-18(12)16/h1-7,15H,8-11H2. The average Bonchev–Trinajstić information content (AvgIpc) is 3.12. The lowest BCUT2D eigenvalue weighted by Gasteiger charge is -2.11. The molecule has 2 aliphatic rings. The van der Waals surface area contributed by atoms with E-state index >= 15 is 0 Å². The normalized spacial score (nSPS) is 16.6. The minimum Gasteiger partial charge on any atom is -0.492 e. The molecule has 1 aliphatic heterocycles. The number of hydrogen-bond donors (Lipinski definition) is 0. The summed E-state index contributed by atoms with van der Waals surface area (Å²) in [4.78, 5) is 12.8. The minimum absolute atomic E-state index is 0.0723. The molecule has 20 heavy (non-hydrogen) atoms. The highest BCUT2D eigenvalue weighted by Gasteiger charge is 2.30. The fourth-order valence-corrected chi connectivity index (χ4v) is 3.37. The van der Waals surface area contributed by atoms with Crippen LogP contribution in [0.25, 0.3) is 0 Å². The number of rotatable bonds is 2. The zero-order chi connectivity index (χ0) is 13.5. The fourth-order valence-electron chi connectivity index (χ4n) is 3.37. The lowest BCUT2D eigenvalue weighted by molar-refractivity contribution is 0.0921. The van der Waals surface area contributed by atoms with Gasteiger partial charge in [0.1, 0.15) is 5.75 Å². The number of carbonyl (C=O) groups is 1. The van der Waals surface area contributed by atoms with E-state index in [1.807, 2.05) is 12.1 Å². The second-order valence-electron chi connectivity index (χ2n) is 5.63. The molecule has 0 amide bonds. The third-order valence-electron chi connectivity index (χ3n) is 4.40. The second kappa shape index (κ2) is 4.48. The summed E-state index contributed by atoms with van der Waals surface area (Å²) in [5, 5.41) is 0. The molecule has 1 heterocycles.